The molecule has 3 nitrogen and oxygen atoms in total. The number of thioether (sulfide) groups is 1. The maximum absolute atomic E-state index is 12.1. The second-order valence-electron chi connectivity index (χ2n) is 5.15. The topological polar surface area (TPSA) is 32.3 Å². The van der Waals surface area contributed by atoms with Gasteiger partial charge in [-0.25, -0.2) is 4.79 Å². The van der Waals surface area contributed by atoms with Crippen LogP contribution in [0.15, 0.2) is 0 Å². The molecular weight excluding hydrogens is 244 g/mol. The molecule has 0 radical (unpaired) electrons. The van der Waals surface area contributed by atoms with Crippen molar-refractivity contribution < 1.29 is 4.79 Å². The van der Waals surface area contributed by atoms with E-state index in [9.17, 15) is 4.79 Å². The smallest absolute Gasteiger partial charge is 0.317 e. The van der Waals surface area contributed by atoms with E-state index in [-0.39, 0.29) is 6.03 Å². The van der Waals surface area contributed by atoms with Gasteiger partial charge in [0.25, 0.3) is 0 Å². The van der Waals surface area contributed by atoms with Gasteiger partial charge in [-0.1, -0.05) is 32.6 Å². The summed E-state index contributed by atoms with van der Waals surface area (Å²) < 4.78 is 0. The maximum Gasteiger partial charge on any atom is 0.317 e. The van der Waals surface area contributed by atoms with Gasteiger partial charge in [-0.3, -0.25) is 0 Å². The third kappa shape index (κ3) is 6.53. The summed E-state index contributed by atoms with van der Waals surface area (Å²) in [7, 11) is 0. The van der Waals surface area contributed by atoms with Crippen LogP contribution in [0.5, 0.6) is 0 Å². The summed E-state index contributed by atoms with van der Waals surface area (Å²) in [6.45, 7) is 6.17. The molecule has 106 valence electrons. The highest BCUT2D eigenvalue weighted by Crippen LogP contribution is 2.11. The third-order valence-electron chi connectivity index (χ3n) is 3.37. The molecule has 0 aliphatic carbocycles. The van der Waals surface area contributed by atoms with E-state index in [1.165, 1.54) is 31.4 Å². The summed E-state index contributed by atoms with van der Waals surface area (Å²) in [6, 6.07) is 0.450. The normalized spacial score (nSPS) is 18.2. The monoisotopic (exact) mass is 272 g/mol. The summed E-state index contributed by atoms with van der Waals surface area (Å²) in [5.74, 6) is 2.27. The molecule has 18 heavy (non-hydrogen) atoms. The van der Waals surface area contributed by atoms with Crippen LogP contribution >= 0.6 is 11.8 Å². The zero-order valence-corrected chi connectivity index (χ0v) is 12.7. The lowest BCUT2D eigenvalue weighted by atomic mass is 10.1. The van der Waals surface area contributed by atoms with Gasteiger partial charge < -0.3 is 10.2 Å². The van der Waals surface area contributed by atoms with E-state index in [0.717, 1.165) is 31.7 Å². The molecule has 1 atom stereocenters. The van der Waals surface area contributed by atoms with Crippen molar-refractivity contribution in [1.82, 2.24) is 10.2 Å². The highest BCUT2D eigenvalue weighted by Gasteiger charge is 2.16. The molecule has 1 N–H and O–H groups in total. The fraction of sp³-hybridized carbons (Fsp3) is 0.929. The number of nitrogens with zero attached hydrogens (tertiary/aromatic N) is 1. The lowest BCUT2D eigenvalue weighted by molar-refractivity contribution is 0.197. The first-order valence-corrected chi connectivity index (χ1v) is 8.52. The fourth-order valence-electron chi connectivity index (χ4n) is 2.20. The number of carbonyl (C=O) groups is 1. The van der Waals surface area contributed by atoms with Crippen LogP contribution < -0.4 is 5.32 Å². The largest absolute Gasteiger partial charge is 0.336 e. The van der Waals surface area contributed by atoms with Crippen LogP contribution in [-0.4, -0.2) is 41.6 Å². The van der Waals surface area contributed by atoms with Crippen molar-refractivity contribution in [1.29, 1.82) is 0 Å². The summed E-state index contributed by atoms with van der Waals surface area (Å²) in [5.41, 5.74) is 0. The zero-order chi connectivity index (χ0) is 13.2. The lowest BCUT2D eigenvalue weighted by Gasteiger charge is -2.23. The predicted octanol–water partition coefficient (Wildman–Crippen LogP) is 3.49. The number of hydrogen-bond donors (Lipinski definition) is 1. The Kier molecular flexibility index (Phi) is 8.31. The molecule has 1 saturated heterocycles. The van der Waals surface area contributed by atoms with Crippen LogP contribution in [0, 0.1) is 0 Å². The quantitative estimate of drug-likeness (QED) is 0.751. The van der Waals surface area contributed by atoms with Crippen LogP contribution in [-0.2, 0) is 0 Å². The molecule has 1 aliphatic heterocycles. The number of nitrogens with one attached hydrogen (secondary N) is 1. The molecule has 1 aliphatic rings. The van der Waals surface area contributed by atoms with Crippen molar-refractivity contribution in [2.45, 2.75) is 58.4 Å². The van der Waals surface area contributed by atoms with Crippen LogP contribution in [0.1, 0.15) is 52.4 Å². The van der Waals surface area contributed by atoms with E-state index >= 15 is 0 Å². The Balaban J connectivity index is 2.17. The lowest BCUT2D eigenvalue weighted by Crippen LogP contribution is -2.44. The molecule has 4 heteroatoms. The minimum Gasteiger partial charge on any atom is -0.336 e. The molecule has 1 heterocycles. The minimum atomic E-state index is 0.139. The van der Waals surface area contributed by atoms with Crippen LogP contribution in [0.2, 0.25) is 0 Å². The van der Waals surface area contributed by atoms with E-state index in [1.54, 1.807) is 0 Å². The van der Waals surface area contributed by atoms with Crippen LogP contribution in [0.25, 0.3) is 0 Å². The molecule has 2 amide bonds. The summed E-state index contributed by atoms with van der Waals surface area (Å²) >= 11 is 1.95. The summed E-state index contributed by atoms with van der Waals surface area (Å²) in [4.78, 5) is 14.0. The highest BCUT2D eigenvalue weighted by molar-refractivity contribution is 7.99. The molecule has 0 spiro atoms. The first-order valence-electron chi connectivity index (χ1n) is 7.37. The summed E-state index contributed by atoms with van der Waals surface area (Å²) in [6.07, 6.45) is 7.33. The predicted molar refractivity (Wildman–Crippen MR) is 80.3 cm³/mol. The molecule has 1 fully saturated rings. The number of hydrogen-bond acceptors (Lipinski definition) is 2. The Morgan fingerprint density at radius 2 is 2.11 bits per heavy atom. The van der Waals surface area contributed by atoms with Gasteiger partial charge in [0.15, 0.2) is 0 Å². The van der Waals surface area contributed by atoms with Crippen molar-refractivity contribution in [3.63, 3.8) is 0 Å². The van der Waals surface area contributed by atoms with Gasteiger partial charge in [0.1, 0.15) is 0 Å². The molecular formula is C14H28N2OS. The van der Waals surface area contributed by atoms with E-state index in [2.05, 4.69) is 19.2 Å². The summed E-state index contributed by atoms with van der Waals surface area (Å²) in [5, 5.41) is 3.13. The second-order valence-corrected chi connectivity index (χ2v) is 6.38. The van der Waals surface area contributed by atoms with Crippen molar-refractivity contribution in [2.24, 2.45) is 0 Å². The van der Waals surface area contributed by atoms with Gasteiger partial charge in [0.05, 0.1) is 0 Å². The van der Waals surface area contributed by atoms with Gasteiger partial charge in [-0.05, 0) is 25.5 Å². The fourth-order valence-corrected chi connectivity index (χ4v) is 3.09. The number of urea groups is 1. The second kappa shape index (κ2) is 9.54. The van der Waals surface area contributed by atoms with E-state index in [1.807, 2.05) is 16.7 Å². The minimum absolute atomic E-state index is 0.139. The number of carbonyl (C=O) groups excluding carboxylic acids is 1. The Labute approximate surface area is 116 Å². The molecule has 1 unspecified atom stereocenters. The molecule has 0 saturated carbocycles. The van der Waals surface area contributed by atoms with E-state index in [0.29, 0.717) is 6.04 Å². The number of rotatable bonds is 6. The van der Waals surface area contributed by atoms with Crippen molar-refractivity contribution in [3.8, 4) is 0 Å². The zero-order valence-electron chi connectivity index (χ0n) is 11.9. The van der Waals surface area contributed by atoms with E-state index < -0.39 is 0 Å². The molecule has 1 rings (SSSR count). The first kappa shape index (κ1) is 15.7. The Bertz CT molecular complexity index is 228. The van der Waals surface area contributed by atoms with Crippen LogP contribution in [0.3, 0.4) is 0 Å². The SMILES string of the molecule is CCCCCCC(C)NC(=O)N1CCCSCC1. The average Bonchev–Trinajstić information content (AvgIpc) is 2.63. The molecule has 0 aromatic rings. The maximum atomic E-state index is 12.1. The van der Waals surface area contributed by atoms with Gasteiger partial charge in [0, 0.05) is 24.9 Å². The Hall–Kier alpha value is -0.380. The molecule has 0 bridgehead atoms. The van der Waals surface area contributed by atoms with Gasteiger partial charge >= 0.3 is 6.03 Å². The highest BCUT2D eigenvalue weighted by atomic mass is 32.2. The van der Waals surface area contributed by atoms with E-state index in [4.69, 9.17) is 0 Å². The first-order chi connectivity index (χ1) is 8.74. The molecule has 0 aromatic heterocycles. The average molecular weight is 272 g/mol. The number of unbranched alkanes of at least 4 members (excludes halogenated alkanes) is 3. The van der Waals surface area contributed by atoms with Crippen molar-refractivity contribution >= 4 is 17.8 Å². The van der Waals surface area contributed by atoms with Gasteiger partial charge in [-0.15, -0.1) is 0 Å². The third-order valence-corrected chi connectivity index (χ3v) is 4.42. The Morgan fingerprint density at radius 3 is 2.89 bits per heavy atom. The van der Waals surface area contributed by atoms with Crippen molar-refractivity contribution in [2.75, 3.05) is 24.6 Å². The van der Waals surface area contributed by atoms with Gasteiger partial charge in [0.2, 0.25) is 0 Å². The molecule has 0 aromatic carbocycles. The standard InChI is InChI=1S/C14H28N2OS/c1-3-4-5-6-8-13(2)15-14(17)16-9-7-11-18-12-10-16/h13H,3-12H2,1-2H3,(H,15,17). The number of amides is 2. The Morgan fingerprint density at radius 1 is 1.28 bits per heavy atom. The van der Waals surface area contributed by atoms with Crippen LogP contribution in [0.4, 0.5) is 4.79 Å². The van der Waals surface area contributed by atoms with Gasteiger partial charge in [-0.2, -0.15) is 11.8 Å². The van der Waals surface area contributed by atoms with Crippen molar-refractivity contribution in [3.05, 3.63) is 0 Å².